The van der Waals surface area contributed by atoms with Gasteiger partial charge in [0.1, 0.15) is 10.6 Å². The van der Waals surface area contributed by atoms with Crippen molar-refractivity contribution in [2.45, 2.75) is 38.5 Å². The molecule has 0 aliphatic rings. The standard InChI is InChI=1S/C12H17ClFNOS/c1-8(15-17(16)12(2,3)4)9-5-6-10(13)11(14)7-9/h5-8,15H,1-4H3/t8-,17-/m1/s1. The normalized spacial score (nSPS) is 15.7. The molecule has 0 aliphatic heterocycles. The lowest BCUT2D eigenvalue weighted by atomic mass is 10.1. The Morgan fingerprint density at radius 2 is 2.00 bits per heavy atom. The monoisotopic (exact) mass is 277 g/mol. The number of benzene rings is 1. The fraction of sp³-hybridized carbons (Fsp3) is 0.500. The zero-order chi connectivity index (χ0) is 13.2. The number of nitrogens with one attached hydrogen (secondary N) is 1. The zero-order valence-corrected chi connectivity index (χ0v) is 12.0. The van der Waals surface area contributed by atoms with Crippen LogP contribution in [0.1, 0.15) is 39.3 Å². The van der Waals surface area contributed by atoms with Gasteiger partial charge in [0.25, 0.3) is 0 Å². The van der Waals surface area contributed by atoms with Crippen LogP contribution in [0.15, 0.2) is 18.2 Å². The van der Waals surface area contributed by atoms with E-state index in [0.29, 0.717) is 0 Å². The van der Waals surface area contributed by atoms with E-state index >= 15 is 0 Å². The molecule has 0 radical (unpaired) electrons. The molecule has 2 nitrogen and oxygen atoms in total. The van der Waals surface area contributed by atoms with Crippen LogP contribution in [0, 0.1) is 5.82 Å². The first-order valence-electron chi connectivity index (χ1n) is 5.35. The number of rotatable bonds is 3. The van der Waals surface area contributed by atoms with Gasteiger partial charge in [0.2, 0.25) is 0 Å². The maximum absolute atomic E-state index is 13.3. The molecule has 0 saturated carbocycles. The lowest BCUT2D eigenvalue weighted by molar-refractivity contribution is 0.530. The van der Waals surface area contributed by atoms with Crippen molar-refractivity contribution in [3.8, 4) is 0 Å². The smallest absolute Gasteiger partial charge is 0.142 e. The number of hydrogen-bond donors (Lipinski definition) is 1. The van der Waals surface area contributed by atoms with Gasteiger partial charge in [-0.15, -0.1) is 4.72 Å². The van der Waals surface area contributed by atoms with Crippen LogP contribution in [0.3, 0.4) is 0 Å². The van der Waals surface area contributed by atoms with E-state index in [1.54, 1.807) is 6.07 Å². The molecule has 96 valence electrons. The molecule has 0 spiro atoms. The minimum absolute atomic E-state index is 0.0953. The molecule has 0 amide bonds. The summed E-state index contributed by atoms with van der Waals surface area (Å²) in [6.07, 6.45) is 0. The fourth-order valence-corrected chi connectivity index (χ4v) is 2.12. The summed E-state index contributed by atoms with van der Waals surface area (Å²) in [4.78, 5) is 0. The molecule has 0 aromatic heterocycles. The van der Waals surface area contributed by atoms with E-state index < -0.39 is 17.2 Å². The van der Waals surface area contributed by atoms with Gasteiger partial charge in [-0.05, 0) is 45.4 Å². The zero-order valence-electron chi connectivity index (χ0n) is 10.4. The Morgan fingerprint density at radius 3 is 2.47 bits per heavy atom. The maximum atomic E-state index is 13.3. The SMILES string of the molecule is C[C@@H](N[S@+]([O-])C(C)(C)C)c1ccc(Cl)c(F)c1. The highest BCUT2D eigenvalue weighted by molar-refractivity contribution is 7.90. The second kappa shape index (κ2) is 5.57. The van der Waals surface area contributed by atoms with Crippen molar-refractivity contribution in [2.24, 2.45) is 0 Å². The Hall–Kier alpha value is -0.290. The summed E-state index contributed by atoms with van der Waals surface area (Å²) in [5.74, 6) is -0.459. The van der Waals surface area contributed by atoms with Crippen molar-refractivity contribution in [2.75, 3.05) is 0 Å². The molecular weight excluding hydrogens is 261 g/mol. The maximum Gasteiger partial charge on any atom is 0.142 e. The Labute approximate surface area is 110 Å². The summed E-state index contributed by atoms with van der Waals surface area (Å²) in [5, 5.41) is 0.0953. The lowest BCUT2D eigenvalue weighted by Gasteiger charge is -2.26. The van der Waals surface area contributed by atoms with Gasteiger partial charge in [0.15, 0.2) is 0 Å². The minimum atomic E-state index is -1.19. The van der Waals surface area contributed by atoms with Crippen LogP contribution in [-0.4, -0.2) is 9.30 Å². The highest BCUT2D eigenvalue weighted by Crippen LogP contribution is 2.22. The molecule has 0 fully saturated rings. The van der Waals surface area contributed by atoms with Crippen molar-refractivity contribution < 1.29 is 8.94 Å². The summed E-state index contributed by atoms with van der Waals surface area (Å²) in [5.41, 5.74) is 0.726. The molecule has 17 heavy (non-hydrogen) atoms. The summed E-state index contributed by atoms with van der Waals surface area (Å²) in [7, 11) is 0. The van der Waals surface area contributed by atoms with E-state index in [1.165, 1.54) is 12.1 Å². The molecule has 1 aromatic carbocycles. The molecule has 1 aromatic rings. The molecule has 2 atom stereocenters. The highest BCUT2D eigenvalue weighted by Gasteiger charge is 2.28. The van der Waals surface area contributed by atoms with E-state index in [2.05, 4.69) is 4.72 Å². The summed E-state index contributed by atoms with van der Waals surface area (Å²) in [6.45, 7) is 7.48. The lowest BCUT2D eigenvalue weighted by Crippen LogP contribution is -2.40. The van der Waals surface area contributed by atoms with E-state index in [9.17, 15) is 8.94 Å². The van der Waals surface area contributed by atoms with Gasteiger partial charge in [-0.1, -0.05) is 17.7 Å². The first kappa shape index (κ1) is 14.8. The third-order valence-corrected chi connectivity index (χ3v) is 4.27. The van der Waals surface area contributed by atoms with Gasteiger partial charge in [-0.25, -0.2) is 4.39 Å². The number of halogens is 2. The van der Waals surface area contributed by atoms with E-state index in [1.807, 2.05) is 27.7 Å². The summed E-state index contributed by atoms with van der Waals surface area (Å²) in [6, 6.07) is 4.40. The first-order valence-corrected chi connectivity index (χ1v) is 6.87. The molecule has 5 heteroatoms. The average Bonchev–Trinajstić information content (AvgIpc) is 2.20. The minimum Gasteiger partial charge on any atom is -0.598 e. The Balaban J connectivity index is 2.76. The summed E-state index contributed by atoms with van der Waals surface area (Å²) < 4.78 is 27.8. The van der Waals surface area contributed by atoms with Gasteiger partial charge in [-0.3, -0.25) is 0 Å². The first-order chi connectivity index (χ1) is 7.71. The van der Waals surface area contributed by atoms with Crippen LogP contribution in [0.4, 0.5) is 4.39 Å². The number of hydrogen-bond acceptors (Lipinski definition) is 2. The molecule has 0 bridgehead atoms. The molecule has 0 heterocycles. The predicted octanol–water partition coefficient (Wildman–Crippen LogP) is 3.59. The van der Waals surface area contributed by atoms with Crippen LogP contribution in [-0.2, 0) is 11.4 Å². The van der Waals surface area contributed by atoms with Crippen LogP contribution >= 0.6 is 11.6 Å². The van der Waals surface area contributed by atoms with Gasteiger partial charge >= 0.3 is 0 Å². The van der Waals surface area contributed by atoms with Crippen molar-refractivity contribution in [3.63, 3.8) is 0 Å². The van der Waals surface area contributed by atoms with Crippen molar-refractivity contribution in [1.82, 2.24) is 4.72 Å². The van der Waals surface area contributed by atoms with Crippen LogP contribution in [0.2, 0.25) is 5.02 Å². The molecule has 1 rings (SSSR count). The van der Waals surface area contributed by atoms with Gasteiger partial charge in [-0.2, -0.15) is 0 Å². The molecule has 1 N–H and O–H groups in total. The second-order valence-corrected chi connectivity index (χ2v) is 7.30. The van der Waals surface area contributed by atoms with E-state index in [-0.39, 0.29) is 15.8 Å². The van der Waals surface area contributed by atoms with Crippen molar-refractivity contribution in [3.05, 3.63) is 34.6 Å². The Bertz CT molecular complexity index is 395. The van der Waals surface area contributed by atoms with Crippen LogP contribution in [0.5, 0.6) is 0 Å². The van der Waals surface area contributed by atoms with Crippen LogP contribution < -0.4 is 4.72 Å². The molecule has 0 saturated heterocycles. The third kappa shape index (κ3) is 4.14. The van der Waals surface area contributed by atoms with E-state index in [4.69, 9.17) is 11.6 Å². The largest absolute Gasteiger partial charge is 0.598 e. The third-order valence-electron chi connectivity index (χ3n) is 2.28. The summed E-state index contributed by atoms with van der Waals surface area (Å²) >= 11 is 4.42. The molecule has 0 unspecified atom stereocenters. The van der Waals surface area contributed by atoms with Gasteiger partial charge in [0.05, 0.1) is 11.1 Å². The predicted molar refractivity (Wildman–Crippen MR) is 70.9 cm³/mol. The van der Waals surface area contributed by atoms with E-state index in [0.717, 1.165) is 5.56 Å². The fourth-order valence-electron chi connectivity index (χ4n) is 1.19. The second-order valence-electron chi connectivity index (χ2n) is 4.89. The van der Waals surface area contributed by atoms with Crippen LogP contribution in [0.25, 0.3) is 0 Å². The highest BCUT2D eigenvalue weighted by atomic mass is 35.5. The van der Waals surface area contributed by atoms with Crippen molar-refractivity contribution in [1.29, 1.82) is 0 Å². The topological polar surface area (TPSA) is 35.1 Å². The van der Waals surface area contributed by atoms with Crippen molar-refractivity contribution >= 4 is 23.0 Å². The Kier molecular flexibility index (Phi) is 4.84. The van der Waals surface area contributed by atoms with Gasteiger partial charge < -0.3 is 4.55 Å². The Morgan fingerprint density at radius 1 is 1.41 bits per heavy atom. The van der Waals surface area contributed by atoms with Gasteiger partial charge in [0, 0.05) is 11.4 Å². The quantitative estimate of drug-likeness (QED) is 0.857. The average molecular weight is 278 g/mol. The molecular formula is C12H17ClFNOS. The molecule has 0 aliphatic carbocycles.